The maximum atomic E-state index is 10.8. The molecule has 0 saturated carbocycles. The van der Waals surface area contributed by atoms with E-state index in [2.05, 4.69) is 15.3 Å². The standard InChI is InChI=1S/C19H14N6O2/c26-25(27)17-10-8-16(9-11-17)23-12-4-7-18(23)13-21-24-14-20-22-19(24)15-5-2-1-3-6-15/h1-14H/b21-13-. The van der Waals surface area contributed by atoms with E-state index in [-0.39, 0.29) is 5.69 Å². The van der Waals surface area contributed by atoms with Crippen molar-refractivity contribution in [3.63, 3.8) is 0 Å². The monoisotopic (exact) mass is 358 g/mol. The number of hydrogen-bond donors (Lipinski definition) is 0. The highest BCUT2D eigenvalue weighted by Gasteiger charge is 2.08. The van der Waals surface area contributed by atoms with Gasteiger partial charge >= 0.3 is 0 Å². The number of rotatable bonds is 5. The Morgan fingerprint density at radius 3 is 2.52 bits per heavy atom. The molecule has 132 valence electrons. The molecule has 0 radical (unpaired) electrons. The first-order valence-electron chi connectivity index (χ1n) is 8.14. The highest BCUT2D eigenvalue weighted by Crippen LogP contribution is 2.18. The molecular formula is C19H14N6O2. The highest BCUT2D eigenvalue weighted by molar-refractivity contribution is 5.79. The van der Waals surface area contributed by atoms with Gasteiger partial charge in [-0.3, -0.25) is 10.1 Å². The normalized spacial score (nSPS) is 11.1. The van der Waals surface area contributed by atoms with Crippen molar-refractivity contribution in [2.24, 2.45) is 5.10 Å². The maximum Gasteiger partial charge on any atom is 0.269 e. The lowest BCUT2D eigenvalue weighted by Crippen LogP contribution is -2.00. The fourth-order valence-corrected chi connectivity index (χ4v) is 2.68. The number of non-ortho nitro benzene ring substituents is 1. The smallest absolute Gasteiger partial charge is 0.269 e. The number of hydrogen-bond acceptors (Lipinski definition) is 5. The first-order valence-corrected chi connectivity index (χ1v) is 8.14. The van der Waals surface area contributed by atoms with Gasteiger partial charge in [-0.05, 0) is 24.3 Å². The third-order valence-electron chi connectivity index (χ3n) is 4.00. The van der Waals surface area contributed by atoms with Crippen LogP contribution in [0.3, 0.4) is 0 Å². The van der Waals surface area contributed by atoms with Crippen molar-refractivity contribution in [1.29, 1.82) is 0 Å². The summed E-state index contributed by atoms with van der Waals surface area (Å²) in [5.41, 5.74) is 2.59. The molecule has 0 bridgehead atoms. The molecule has 0 fully saturated rings. The largest absolute Gasteiger partial charge is 0.316 e. The van der Waals surface area contributed by atoms with E-state index in [1.807, 2.05) is 53.2 Å². The second kappa shape index (κ2) is 7.04. The van der Waals surface area contributed by atoms with E-state index in [1.165, 1.54) is 18.5 Å². The van der Waals surface area contributed by atoms with Gasteiger partial charge in [-0.1, -0.05) is 30.3 Å². The van der Waals surface area contributed by atoms with Crippen LogP contribution in [-0.4, -0.2) is 30.6 Å². The quantitative estimate of drug-likeness (QED) is 0.310. The van der Waals surface area contributed by atoms with Crippen molar-refractivity contribution in [2.45, 2.75) is 0 Å². The van der Waals surface area contributed by atoms with Crippen molar-refractivity contribution in [1.82, 2.24) is 19.4 Å². The minimum absolute atomic E-state index is 0.0538. The molecule has 0 aliphatic carbocycles. The highest BCUT2D eigenvalue weighted by atomic mass is 16.6. The van der Waals surface area contributed by atoms with E-state index in [0.717, 1.165) is 16.9 Å². The molecule has 0 aliphatic rings. The summed E-state index contributed by atoms with van der Waals surface area (Å²) in [5.74, 6) is 0.639. The van der Waals surface area contributed by atoms with Gasteiger partial charge in [-0.2, -0.15) is 9.78 Å². The van der Waals surface area contributed by atoms with Crippen LogP contribution in [-0.2, 0) is 0 Å². The summed E-state index contributed by atoms with van der Waals surface area (Å²) in [5, 5.41) is 23.3. The molecule has 8 nitrogen and oxygen atoms in total. The maximum absolute atomic E-state index is 10.8. The Labute approximate surface area is 154 Å². The zero-order chi connectivity index (χ0) is 18.6. The second-order valence-electron chi connectivity index (χ2n) is 5.69. The Kier molecular flexibility index (Phi) is 4.28. The molecule has 4 rings (SSSR count). The fraction of sp³-hybridized carbons (Fsp3) is 0. The van der Waals surface area contributed by atoms with E-state index >= 15 is 0 Å². The number of benzene rings is 2. The molecule has 0 amide bonds. The van der Waals surface area contributed by atoms with Gasteiger partial charge in [0.1, 0.15) is 6.33 Å². The zero-order valence-corrected chi connectivity index (χ0v) is 14.1. The van der Waals surface area contributed by atoms with Crippen molar-refractivity contribution < 1.29 is 4.92 Å². The lowest BCUT2D eigenvalue weighted by atomic mass is 10.2. The summed E-state index contributed by atoms with van der Waals surface area (Å²) in [6.07, 6.45) is 5.10. The van der Waals surface area contributed by atoms with Crippen molar-refractivity contribution in [3.05, 3.63) is 95.1 Å². The van der Waals surface area contributed by atoms with Gasteiger partial charge in [0, 0.05) is 29.6 Å². The Hall–Kier alpha value is -4.07. The van der Waals surface area contributed by atoms with Gasteiger partial charge in [0.2, 0.25) is 0 Å². The molecule has 0 atom stereocenters. The topological polar surface area (TPSA) is 91.1 Å². The van der Waals surface area contributed by atoms with E-state index in [9.17, 15) is 10.1 Å². The van der Waals surface area contributed by atoms with Crippen molar-refractivity contribution in [3.8, 4) is 17.1 Å². The summed E-state index contributed by atoms with van der Waals surface area (Å²) in [6, 6.07) is 19.8. The molecule has 0 N–H and O–H groups in total. The van der Waals surface area contributed by atoms with Gasteiger partial charge in [0.15, 0.2) is 5.82 Å². The molecule has 0 saturated heterocycles. The lowest BCUT2D eigenvalue weighted by Gasteiger charge is -2.06. The summed E-state index contributed by atoms with van der Waals surface area (Å²) in [6.45, 7) is 0. The first-order chi connectivity index (χ1) is 13.2. The predicted molar refractivity (Wildman–Crippen MR) is 101 cm³/mol. The number of nitro groups is 1. The summed E-state index contributed by atoms with van der Waals surface area (Å²) in [4.78, 5) is 10.4. The molecule has 2 heterocycles. The average molecular weight is 358 g/mol. The second-order valence-corrected chi connectivity index (χ2v) is 5.69. The van der Waals surface area contributed by atoms with E-state index < -0.39 is 4.92 Å². The van der Waals surface area contributed by atoms with Crippen LogP contribution in [0.1, 0.15) is 5.69 Å². The Bertz CT molecular complexity index is 1100. The lowest BCUT2D eigenvalue weighted by molar-refractivity contribution is -0.384. The fourth-order valence-electron chi connectivity index (χ4n) is 2.68. The molecule has 2 aromatic heterocycles. The summed E-state index contributed by atoms with van der Waals surface area (Å²) < 4.78 is 3.49. The van der Waals surface area contributed by atoms with Crippen LogP contribution in [0.4, 0.5) is 5.69 Å². The molecule has 2 aromatic carbocycles. The van der Waals surface area contributed by atoms with Crippen LogP contribution in [0.15, 0.2) is 84.4 Å². The first kappa shape index (κ1) is 16.4. The molecule has 0 unspecified atom stereocenters. The van der Waals surface area contributed by atoms with Crippen molar-refractivity contribution >= 4 is 11.9 Å². The molecule has 27 heavy (non-hydrogen) atoms. The van der Waals surface area contributed by atoms with Crippen LogP contribution in [0.2, 0.25) is 0 Å². The number of nitro benzene ring substituents is 1. The number of nitrogens with zero attached hydrogens (tertiary/aromatic N) is 6. The molecule has 0 aliphatic heterocycles. The molecule has 0 spiro atoms. The molecular weight excluding hydrogens is 344 g/mol. The summed E-state index contributed by atoms with van der Waals surface area (Å²) >= 11 is 0. The zero-order valence-electron chi connectivity index (χ0n) is 14.1. The van der Waals surface area contributed by atoms with Crippen LogP contribution < -0.4 is 0 Å². The average Bonchev–Trinajstić information content (AvgIpc) is 3.36. The van der Waals surface area contributed by atoms with E-state index in [4.69, 9.17) is 0 Å². The number of aromatic nitrogens is 4. The van der Waals surface area contributed by atoms with Gasteiger partial charge in [0.05, 0.1) is 16.8 Å². The third-order valence-corrected chi connectivity index (χ3v) is 4.00. The van der Waals surface area contributed by atoms with Crippen molar-refractivity contribution in [2.75, 3.05) is 0 Å². The Morgan fingerprint density at radius 2 is 1.78 bits per heavy atom. The van der Waals surface area contributed by atoms with Crippen LogP contribution >= 0.6 is 0 Å². The van der Waals surface area contributed by atoms with Crippen LogP contribution in [0.5, 0.6) is 0 Å². The Morgan fingerprint density at radius 1 is 1.00 bits per heavy atom. The molecule has 4 aromatic rings. The predicted octanol–water partition coefficient (Wildman–Crippen LogP) is 3.53. The minimum Gasteiger partial charge on any atom is -0.316 e. The van der Waals surface area contributed by atoms with Crippen LogP contribution in [0, 0.1) is 10.1 Å². The van der Waals surface area contributed by atoms with Gasteiger partial charge < -0.3 is 4.57 Å². The SMILES string of the molecule is O=[N+]([O-])c1ccc(-n2cccc2/C=N\n2cnnc2-c2ccccc2)cc1. The molecule has 8 heteroatoms. The third kappa shape index (κ3) is 3.36. The van der Waals surface area contributed by atoms with Gasteiger partial charge in [0.25, 0.3) is 5.69 Å². The van der Waals surface area contributed by atoms with E-state index in [0.29, 0.717) is 5.82 Å². The summed E-state index contributed by atoms with van der Waals surface area (Å²) in [7, 11) is 0. The minimum atomic E-state index is -0.418. The van der Waals surface area contributed by atoms with E-state index in [1.54, 1.807) is 23.0 Å². The van der Waals surface area contributed by atoms with Crippen LogP contribution in [0.25, 0.3) is 17.1 Å². The Balaban J connectivity index is 1.63. The van der Waals surface area contributed by atoms with Gasteiger partial charge in [-0.15, -0.1) is 10.2 Å². The van der Waals surface area contributed by atoms with Gasteiger partial charge in [-0.25, -0.2) is 0 Å².